The first-order valence-corrected chi connectivity index (χ1v) is 6.44. The lowest BCUT2D eigenvalue weighted by atomic mass is 10.2. The summed E-state index contributed by atoms with van der Waals surface area (Å²) >= 11 is 7.31. The first-order valence-electron chi connectivity index (χ1n) is 5.08. The molecule has 0 aliphatic rings. The number of halogens is 2. The molecule has 0 aromatic heterocycles. The van der Waals surface area contributed by atoms with Crippen LogP contribution in [-0.2, 0) is 5.75 Å². The molecule has 0 aliphatic heterocycles. The van der Waals surface area contributed by atoms with Gasteiger partial charge in [0.05, 0.1) is 5.69 Å². The van der Waals surface area contributed by atoms with Crippen LogP contribution in [0.25, 0.3) is 0 Å². The highest BCUT2D eigenvalue weighted by Gasteiger charge is 2.04. The second kappa shape index (κ2) is 5.43. The molecule has 88 valence electrons. The molecule has 2 rings (SSSR count). The molecule has 2 N–H and O–H groups in total. The Hall–Kier alpha value is -1.19. The Labute approximate surface area is 109 Å². The minimum atomic E-state index is -0.369. The molecule has 0 unspecified atom stereocenters. The summed E-state index contributed by atoms with van der Waals surface area (Å²) in [6.07, 6.45) is 0. The van der Waals surface area contributed by atoms with E-state index in [4.69, 9.17) is 17.3 Å². The first kappa shape index (κ1) is 12.3. The first-order chi connectivity index (χ1) is 8.16. The summed E-state index contributed by atoms with van der Waals surface area (Å²) in [4.78, 5) is 0.764. The van der Waals surface area contributed by atoms with Gasteiger partial charge in [0.2, 0.25) is 0 Å². The number of hydrogen-bond donors (Lipinski definition) is 1. The highest BCUT2D eigenvalue weighted by atomic mass is 35.5. The quantitative estimate of drug-likeness (QED) is 0.661. The van der Waals surface area contributed by atoms with Gasteiger partial charge in [-0.25, -0.2) is 4.39 Å². The number of para-hydroxylation sites is 1. The van der Waals surface area contributed by atoms with Crippen LogP contribution < -0.4 is 5.73 Å². The van der Waals surface area contributed by atoms with Gasteiger partial charge in [-0.3, -0.25) is 0 Å². The minimum absolute atomic E-state index is 0.214. The second-order valence-electron chi connectivity index (χ2n) is 3.57. The Balaban J connectivity index is 2.07. The van der Waals surface area contributed by atoms with Crippen molar-refractivity contribution in [1.29, 1.82) is 0 Å². The maximum atomic E-state index is 13.2. The Morgan fingerprint density at radius 2 is 1.82 bits per heavy atom. The Morgan fingerprint density at radius 3 is 2.53 bits per heavy atom. The summed E-state index contributed by atoms with van der Waals surface area (Å²) < 4.78 is 13.2. The highest BCUT2D eigenvalue weighted by Crippen LogP contribution is 2.29. The molecule has 0 spiro atoms. The van der Waals surface area contributed by atoms with E-state index in [0.29, 0.717) is 5.02 Å². The minimum Gasteiger partial charge on any atom is -0.395 e. The van der Waals surface area contributed by atoms with E-state index in [2.05, 4.69) is 0 Å². The van der Waals surface area contributed by atoms with E-state index < -0.39 is 0 Å². The Kier molecular flexibility index (Phi) is 3.92. The molecule has 0 radical (unpaired) electrons. The molecular weight excluding hydrogens is 257 g/mol. The molecule has 0 bridgehead atoms. The normalized spacial score (nSPS) is 10.5. The van der Waals surface area contributed by atoms with Gasteiger partial charge in [-0.05, 0) is 29.8 Å². The van der Waals surface area contributed by atoms with Gasteiger partial charge in [-0.15, -0.1) is 11.8 Å². The molecule has 0 fully saturated rings. The summed E-state index contributed by atoms with van der Waals surface area (Å²) in [5, 5.41) is 0.712. The summed E-state index contributed by atoms with van der Waals surface area (Å²) in [5.41, 5.74) is 7.00. The molecular formula is C13H11ClFNS. The average Bonchev–Trinajstić information content (AvgIpc) is 2.33. The monoisotopic (exact) mass is 267 g/mol. The smallest absolute Gasteiger partial charge is 0.147 e. The van der Waals surface area contributed by atoms with Crippen molar-refractivity contribution < 1.29 is 4.39 Å². The Morgan fingerprint density at radius 1 is 1.12 bits per heavy atom. The lowest BCUT2D eigenvalue weighted by molar-refractivity contribution is 0.629. The van der Waals surface area contributed by atoms with Crippen LogP contribution in [0.2, 0.25) is 5.02 Å². The summed E-state index contributed by atoms with van der Waals surface area (Å²) in [6.45, 7) is 0. The molecule has 0 saturated carbocycles. The number of rotatable bonds is 3. The van der Waals surface area contributed by atoms with Crippen LogP contribution in [0.3, 0.4) is 0 Å². The number of thioether (sulfide) groups is 1. The lowest BCUT2D eigenvalue weighted by Crippen LogP contribution is -1.93. The van der Waals surface area contributed by atoms with Gasteiger partial charge >= 0.3 is 0 Å². The van der Waals surface area contributed by atoms with Crippen molar-refractivity contribution in [2.75, 3.05) is 5.73 Å². The van der Waals surface area contributed by atoms with Gasteiger partial charge in [-0.2, -0.15) is 0 Å². The van der Waals surface area contributed by atoms with Crippen LogP contribution in [0.4, 0.5) is 10.1 Å². The van der Waals surface area contributed by atoms with Crippen molar-refractivity contribution in [2.45, 2.75) is 10.6 Å². The fourth-order valence-corrected chi connectivity index (χ4v) is 2.45. The number of hydrogen-bond acceptors (Lipinski definition) is 2. The summed E-state index contributed by atoms with van der Waals surface area (Å²) in [7, 11) is 0. The van der Waals surface area contributed by atoms with Crippen molar-refractivity contribution in [3.8, 4) is 0 Å². The van der Waals surface area contributed by atoms with E-state index in [-0.39, 0.29) is 11.5 Å². The number of benzene rings is 2. The maximum absolute atomic E-state index is 13.2. The fraction of sp³-hybridized carbons (Fsp3) is 0.0769. The van der Waals surface area contributed by atoms with E-state index in [1.165, 1.54) is 17.8 Å². The van der Waals surface area contributed by atoms with Gasteiger partial charge < -0.3 is 5.73 Å². The molecule has 2 aromatic carbocycles. The lowest BCUT2D eigenvalue weighted by Gasteiger charge is -2.06. The zero-order chi connectivity index (χ0) is 12.3. The Bertz CT molecular complexity index is 513. The van der Waals surface area contributed by atoms with Crippen LogP contribution in [0, 0.1) is 5.82 Å². The summed E-state index contributed by atoms with van der Waals surface area (Å²) in [5.74, 6) is 0.372. The van der Waals surface area contributed by atoms with Gasteiger partial charge in [0, 0.05) is 15.7 Å². The predicted molar refractivity (Wildman–Crippen MR) is 71.8 cm³/mol. The number of anilines is 1. The van der Waals surface area contributed by atoms with Gasteiger partial charge in [-0.1, -0.05) is 29.8 Å². The topological polar surface area (TPSA) is 26.0 Å². The van der Waals surface area contributed by atoms with Crippen molar-refractivity contribution in [1.82, 2.24) is 0 Å². The molecule has 1 nitrogen and oxygen atoms in total. The zero-order valence-electron chi connectivity index (χ0n) is 8.99. The van der Waals surface area contributed by atoms with E-state index in [0.717, 1.165) is 16.2 Å². The molecule has 0 atom stereocenters. The molecule has 17 heavy (non-hydrogen) atoms. The zero-order valence-corrected chi connectivity index (χ0v) is 10.6. The second-order valence-corrected chi connectivity index (χ2v) is 5.02. The van der Waals surface area contributed by atoms with Crippen molar-refractivity contribution in [3.63, 3.8) is 0 Å². The third kappa shape index (κ3) is 3.14. The van der Waals surface area contributed by atoms with Crippen LogP contribution in [0.5, 0.6) is 0 Å². The van der Waals surface area contributed by atoms with Gasteiger partial charge in [0.25, 0.3) is 0 Å². The van der Waals surface area contributed by atoms with Gasteiger partial charge in [0.1, 0.15) is 5.82 Å². The maximum Gasteiger partial charge on any atom is 0.147 e. The predicted octanol–water partition coefficient (Wildman–Crippen LogP) is 4.35. The molecule has 0 amide bonds. The number of nitrogen functional groups attached to an aromatic ring is 1. The van der Waals surface area contributed by atoms with E-state index >= 15 is 0 Å². The summed E-state index contributed by atoms with van der Waals surface area (Å²) in [6, 6.07) is 12.4. The van der Waals surface area contributed by atoms with Crippen molar-refractivity contribution in [3.05, 3.63) is 58.9 Å². The van der Waals surface area contributed by atoms with Crippen LogP contribution in [-0.4, -0.2) is 0 Å². The number of nitrogens with two attached hydrogens (primary N) is 1. The SMILES string of the molecule is Nc1c(F)cccc1SCc1ccc(Cl)cc1. The van der Waals surface area contributed by atoms with Crippen molar-refractivity contribution >= 4 is 29.1 Å². The molecule has 4 heteroatoms. The van der Waals surface area contributed by atoms with E-state index in [1.54, 1.807) is 6.07 Å². The van der Waals surface area contributed by atoms with Crippen molar-refractivity contribution in [2.24, 2.45) is 0 Å². The van der Waals surface area contributed by atoms with Crippen LogP contribution in [0.15, 0.2) is 47.4 Å². The van der Waals surface area contributed by atoms with E-state index in [1.807, 2.05) is 30.3 Å². The molecule has 0 heterocycles. The van der Waals surface area contributed by atoms with E-state index in [9.17, 15) is 4.39 Å². The average molecular weight is 268 g/mol. The molecule has 0 aliphatic carbocycles. The standard InChI is InChI=1S/C13H11ClFNS/c14-10-6-4-9(5-7-10)8-17-12-3-1-2-11(15)13(12)16/h1-7H,8,16H2. The van der Waals surface area contributed by atoms with Crippen LogP contribution in [0.1, 0.15) is 5.56 Å². The van der Waals surface area contributed by atoms with Gasteiger partial charge in [0.15, 0.2) is 0 Å². The molecule has 2 aromatic rings. The third-order valence-corrected chi connectivity index (χ3v) is 3.72. The fourth-order valence-electron chi connectivity index (χ4n) is 1.38. The molecule has 0 saturated heterocycles. The largest absolute Gasteiger partial charge is 0.395 e. The third-order valence-electron chi connectivity index (χ3n) is 2.32. The highest BCUT2D eigenvalue weighted by molar-refractivity contribution is 7.98. The van der Waals surface area contributed by atoms with Crippen LogP contribution >= 0.6 is 23.4 Å².